The van der Waals surface area contributed by atoms with E-state index in [0.717, 1.165) is 12.3 Å². The molecular formula is C12H14F3N3O2. The van der Waals surface area contributed by atoms with Gasteiger partial charge in [-0.1, -0.05) is 0 Å². The number of likely N-dealkylation sites (N-methyl/N-ethyl adjacent to an activating group) is 1. The van der Waals surface area contributed by atoms with Gasteiger partial charge in [0.15, 0.2) is 0 Å². The van der Waals surface area contributed by atoms with E-state index in [4.69, 9.17) is 5.11 Å². The third-order valence-electron chi connectivity index (χ3n) is 3.42. The highest BCUT2D eigenvalue weighted by Crippen LogP contribution is 2.29. The van der Waals surface area contributed by atoms with Crippen molar-refractivity contribution >= 4 is 11.9 Å². The number of amides is 1. The number of hydrogen-bond acceptors (Lipinski definition) is 3. The number of aromatic nitrogens is 1. The van der Waals surface area contributed by atoms with Crippen LogP contribution in [-0.2, 0) is 6.18 Å². The number of likely N-dealkylation sites (tertiary alicyclic amines) is 1. The van der Waals surface area contributed by atoms with Gasteiger partial charge in [0.05, 0.1) is 5.56 Å². The first-order chi connectivity index (χ1) is 9.29. The minimum absolute atomic E-state index is 0.0738. The number of carboxylic acid groups (broad SMARTS) is 1. The number of nitrogens with zero attached hydrogens (tertiary/aromatic N) is 3. The predicted molar refractivity (Wildman–Crippen MR) is 65.6 cm³/mol. The lowest BCUT2D eigenvalue weighted by Crippen LogP contribution is -2.36. The van der Waals surface area contributed by atoms with Crippen LogP contribution in [0.4, 0.5) is 23.8 Å². The summed E-state index contributed by atoms with van der Waals surface area (Å²) in [5, 5.41) is 8.88. The summed E-state index contributed by atoms with van der Waals surface area (Å²) >= 11 is 0. The van der Waals surface area contributed by atoms with Crippen molar-refractivity contribution in [2.45, 2.75) is 18.6 Å². The van der Waals surface area contributed by atoms with Crippen LogP contribution in [0.5, 0.6) is 0 Å². The van der Waals surface area contributed by atoms with Gasteiger partial charge in [0, 0.05) is 32.4 Å². The molecule has 0 aromatic carbocycles. The Hall–Kier alpha value is -1.99. The number of pyridine rings is 1. The third-order valence-corrected chi connectivity index (χ3v) is 3.42. The van der Waals surface area contributed by atoms with E-state index in [1.807, 2.05) is 0 Å². The molecule has 1 amide bonds. The Bertz CT molecular complexity index is 490. The van der Waals surface area contributed by atoms with E-state index >= 15 is 0 Å². The van der Waals surface area contributed by atoms with Gasteiger partial charge in [0.25, 0.3) is 0 Å². The fourth-order valence-corrected chi connectivity index (χ4v) is 2.18. The van der Waals surface area contributed by atoms with Gasteiger partial charge in [-0.05, 0) is 18.6 Å². The summed E-state index contributed by atoms with van der Waals surface area (Å²) in [5.74, 6) is 0.398. The Kier molecular flexibility index (Phi) is 3.74. The molecule has 0 spiro atoms. The van der Waals surface area contributed by atoms with E-state index < -0.39 is 17.8 Å². The van der Waals surface area contributed by atoms with Gasteiger partial charge in [-0.3, -0.25) is 0 Å². The number of carbonyl (C=O) groups is 1. The van der Waals surface area contributed by atoms with Gasteiger partial charge in [0.1, 0.15) is 5.82 Å². The van der Waals surface area contributed by atoms with Crippen molar-refractivity contribution in [2.75, 3.05) is 25.0 Å². The lowest BCUT2D eigenvalue weighted by molar-refractivity contribution is -0.137. The molecule has 1 aromatic heterocycles. The predicted octanol–water partition coefficient (Wildman–Crippen LogP) is 2.29. The van der Waals surface area contributed by atoms with Crippen LogP contribution in [0.2, 0.25) is 0 Å². The average molecular weight is 289 g/mol. The molecule has 0 saturated carbocycles. The molecule has 1 aromatic rings. The maximum absolute atomic E-state index is 12.4. The van der Waals surface area contributed by atoms with Crippen LogP contribution in [0.25, 0.3) is 0 Å². The number of anilines is 1. The molecule has 0 bridgehead atoms. The molecule has 1 aliphatic heterocycles. The van der Waals surface area contributed by atoms with Crippen molar-refractivity contribution in [1.82, 2.24) is 9.88 Å². The van der Waals surface area contributed by atoms with Crippen LogP contribution in [-0.4, -0.2) is 47.3 Å². The Morgan fingerprint density at radius 1 is 1.50 bits per heavy atom. The van der Waals surface area contributed by atoms with Crippen LogP contribution >= 0.6 is 0 Å². The molecular weight excluding hydrogens is 275 g/mol. The van der Waals surface area contributed by atoms with E-state index in [1.54, 1.807) is 11.9 Å². The minimum Gasteiger partial charge on any atom is -0.465 e. The van der Waals surface area contributed by atoms with Crippen LogP contribution in [0.1, 0.15) is 12.0 Å². The second kappa shape index (κ2) is 5.18. The number of halogens is 3. The largest absolute Gasteiger partial charge is 0.465 e. The lowest BCUT2D eigenvalue weighted by atomic mass is 10.2. The highest BCUT2D eigenvalue weighted by molar-refractivity contribution is 5.65. The molecule has 1 unspecified atom stereocenters. The highest BCUT2D eigenvalue weighted by atomic mass is 19.4. The Morgan fingerprint density at radius 2 is 2.20 bits per heavy atom. The van der Waals surface area contributed by atoms with Gasteiger partial charge in [-0.15, -0.1) is 0 Å². The molecule has 1 aliphatic rings. The number of rotatable bonds is 2. The zero-order valence-corrected chi connectivity index (χ0v) is 10.8. The van der Waals surface area contributed by atoms with Crippen LogP contribution in [0.3, 0.4) is 0 Å². The zero-order valence-electron chi connectivity index (χ0n) is 10.8. The maximum Gasteiger partial charge on any atom is 0.417 e. The van der Waals surface area contributed by atoms with Crippen molar-refractivity contribution in [3.8, 4) is 0 Å². The van der Waals surface area contributed by atoms with E-state index in [0.29, 0.717) is 25.3 Å². The summed E-state index contributed by atoms with van der Waals surface area (Å²) in [7, 11) is 1.70. The minimum atomic E-state index is -4.41. The lowest BCUT2D eigenvalue weighted by Gasteiger charge is -2.25. The standard InChI is InChI=1S/C12H14F3N3O2/c1-17(9-4-5-18(7-9)11(19)20)10-3-2-8(6-16-10)12(13,14)15/h2-3,6,9H,4-5,7H2,1H3,(H,19,20). The molecule has 110 valence electrons. The summed E-state index contributed by atoms with van der Waals surface area (Å²) < 4.78 is 37.3. The van der Waals surface area contributed by atoms with Crippen molar-refractivity contribution in [1.29, 1.82) is 0 Å². The summed E-state index contributed by atoms with van der Waals surface area (Å²) in [4.78, 5) is 17.6. The van der Waals surface area contributed by atoms with Gasteiger partial charge in [0.2, 0.25) is 0 Å². The first-order valence-corrected chi connectivity index (χ1v) is 6.03. The molecule has 20 heavy (non-hydrogen) atoms. The number of alkyl halides is 3. The summed E-state index contributed by atoms with van der Waals surface area (Å²) in [6.45, 7) is 0.750. The monoisotopic (exact) mass is 289 g/mol. The second-order valence-electron chi connectivity index (χ2n) is 4.68. The molecule has 1 saturated heterocycles. The van der Waals surface area contributed by atoms with E-state index in [-0.39, 0.29) is 6.04 Å². The van der Waals surface area contributed by atoms with Crippen LogP contribution in [0, 0.1) is 0 Å². The average Bonchev–Trinajstić information content (AvgIpc) is 2.86. The van der Waals surface area contributed by atoms with Crippen molar-refractivity contribution in [3.05, 3.63) is 23.9 Å². The van der Waals surface area contributed by atoms with Crippen LogP contribution in [0.15, 0.2) is 18.3 Å². The molecule has 1 N–H and O–H groups in total. The molecule has 0 radical (unpaired) electrons. The highest BCUT2D eigenvalue weighted by Gasteiger charge is 2.32. The van der Waals surface area contributed by atoms with Gasteiger partial charge in [-0.2, -0.15) is 13.2 Å². The Morgan fingerprint density at radius 3 is 2.65 bits per heavy atom. The molecule has 1 atom stereocenters. The summed E-state index contributed by atoms with van der Waals surface area (Å²) in [6, 6.07) is 2.20. The second-order valence-corrected chi connectivity index (χ2v) is 4.68. The fraction of sp³-hybridized carbons (Fsp3) is 0.500. The zero-order chi connectivity index (χ0) is 14.9. The normalized spacial score (nSPS) is 19.2. The summed E-state index contributed by atoms with van der Waals surface area (Å²) in [6.07, 6.45) is -3.97. The first kappa shape index (κ1) is 14.4. The molecule has 1 fully saturated rings. The van der Waals surface area contributed by atoms with Gasteiger partial charge in [-0.25, -0.2) is 9.78 Å². The SMILES string of the molecule is CN(c1ccc(C(F)(F)F)cn1)C1CCN(C(=O)O)C1. The quantitative estimate of drug-likeness (QED) is 0.907. The Labute approximate surface area is 113 Å². The first-order valence-electron chi connectivity index (χ1n) is 6.03. The van der Waals surface area contributed by atoms with Gasteiger partial charge < -0.3 is 14.9 Å². The molecule has 2 rings (SSSR count). The van der Waals surface area contributed by atoms with E-state index in [1.165, 1.54) is 11.0 Å². The Balaban J connectivity index is 2.07. The maximum atomic E-state index is 12.4. The van der Waals surface area contributed by atoms with Crippen molar-refractivity contribution in [2.24, 2.45) is 0 Å². The van der Waals surface area contributed by atoms with Gasteiger partial charge >= 0.3 is 12.3 Å². The number of hydrogen-bond donors (Lipinski definition) is 1. The van der Waals surface area contributed by atoms with E-state index in [9.17, 15) is 18.0 Å². The third kappa shape index (κ3) is 2.94. The fourth-order valence-electron chi connectivity index (χ4n) is 2.18. The molecule has 0 aliphatic carbocycles. The van der Waals surface area contributed by atoms with E-state index in [2.05, 4.69) is 4.98 Å². The smallest absolute Gasteiger partial charge is 0.417 e. The molecule has 8 heteroatoms. The topological polar surface area (TPSA) is 56.7 Å². The van der Waals surface area contributed by atoms with Crippen molar-refractivity contribution < 1.29 is 23.1 Å². The summed E-state index contributed by atoms with van der Waals surface area (Å²) in [5.41, 5.74) is -0.798. The van der Waals surface area contributed by atoms with Crippen molar-refractivity contribution in [3.63, 3.8) is 0 Å². The van der Waals surface area contributed by atoms with Crippen LogP contribution < -0.4 is 4.90 Å². The molecule has 5 nitrogen and oxygen atoms in total. The molecule has 2 heterocycles.